The molecule has 0 radical (unpaired) electrons. The predicted octanol–water partition coefficient (Wildman–Crippen LogP) is 6.28. The average molecular weight is 530 g/mol. The molecule has 1 N–H and O–H groups in total. The lowest BCUT2D eigenvalue weighted by molar-refractivity contribution is -0.136. The summed E-state index contributed by atoms with van der Waals surface area (Å²) in [6.45, 7) is 0.0632. The smallest absolute Gasteiger partial charge is 0.303 e. The van der Waals surface area contributed by atoms with E-state index in [-0.39, 0.29) is 30.8 Å². The van der Waals surface area contributed by atoms with Crippen LogP contribution >= 0.6 is 0 Å². The summed E-state index contributed by atoms with van der Waals surface area (Å²) in [5.41, 5.74) is 2.41. The lowest BCUT2D eigenvalue weighted by atomic mass is 10.1. The number of ether oxygens (including phenoxy) is 1. The molecule has 1 aromatic heterocycles. The minimum Gasteiger partial charge on any atom is -0.486 e. The first-order valence-corrected chi connectivity index (χ1v) is 13.4. The number of hydrogen-bond acceptors (Lipinski definition) is 4. The van der Waals surface area contributed by atoms with E-state index in [2.05, 4.69) is 0 Å². The average Bonchev–Trinajstić information content (AvgIpc) is 3.31. The molecule has 6 nitrogen and oxygen atoms in total. The molecule has 0 aliphatic rings. The Morgan fingerprint density at radius 2 is 1.53 bits per heavy atom. The van der Waals surface area contributed by atoms with E-state index in [1.807, 2.05) is 30.3 Å². The fourth-order valence-electron chi connectivity index (χ4n) is 4.44. The number of rotatable bonds is 9. The molecule has 0 spiro atoms. The predicted molar refractivity (Wildman–Crippen MR) is 143 cm³/mol. The highest BCUT2D eigenvalue weighted by atomic mass is 32.2. The van der Waals surface area contributed by atoms with Crippen molar-refractivity contribution in [3.05, 3.63) is 120 Å². The van der Waals surface area contributed by atoms with Crippen LogP contribution in [0, 0.1) is 5.82 Å². The summed E-state index contributed by atoms with van der Waals surface area (Å²) in [4.78, 5) is 10.7. The Labute approximate surface area is 219 Å². The highest BCUT2D eigenvalue weighted by Gasteiger charge is 2.30. The van der Waals surface area contributed by atoms with Crippen molar-refractivity contribution in [1.29, 1.82) is 0 Å². The third-order valence-electron chi connectivity index (χ3n) is 6.27. The fourth-order valence-corrected chi connectivity index (χ4v) is 6.11. The maximum absolute atomic E-state index is 16.2. The van der Waals surface area contributed by atoms with E-state index >= 15 is 4.39 Å². The molecule has 4 aromatic carbocycles. The minimum absolute atomic E-state index is 0.0632. The van der Waals surface area contributed by atoms with Crippen LogP contribution in [0.1, 0.15) is 17.5 Å². The van der Waals surface area contributed by atoms with Gasteiger partial charge < -0.3 is 9.84 Å². The molecule has 192 valence electrons. The van der Waals surface area contributed by atoms with Gasteiger partial charge in [-0.1, -0.05) is 78.9 Å². The molecule has 0 bridgehead atoms. The Morgan fingerprint density at radius 3 is 2.24 bits per heavy atom. The zero-order valence-corrected chi connectivity index (χ0v) is 21.1. The van der Waals surface area contributed by atoms with Gasteiger partial charge in [0.2, 0.25) is 0 Å². The van der Waals surface area contributed by atoms with Gasteiger partial charge in [0.25, 0.3) is 10.0 Å². The van der Waals surface area contributed by atoms with Crippen LogP contribution in [0.2, 0.25) is 0 Å². The zero-order valence-electron chi connectivity index (χ0n) is 20.2. The Kier molecular flexibility index (Phi) is 6.98. The summed E-state index contributed by atoms with van der Waals surface area (Å²) in [7, 11) is -4.48. The summed E-state index contributed by atoms with van der Waals surface area (Å²) >= 11 is 0. The van der Waals surface area contributed by atoms with Crippen molar-refractivity contribution in [2.24, 2.45) is 0 Å². The highest BCUT2D eigenvalue weighted by Crippen LogP contribution is 2.37. The van der Waals surface area contributed by atoms with Crippen LogP contribution in [0.25, 0.3) is 22.0 Å². The highest BCUT2D eigenvalue weighted by molar-refractivity contribution is 7.90. The second kappa shape index (κ2) is 10.5. The third kappa shape index (κ3) is 4.90. The largest absolute Gasteiger partial charge is 0.486 e. The second-order valence-electron chi connectivity index (χ2n) is 8.76. The number of fused-ring (bicyclic) bond motifs is 1. The maximum Gasteiger partial charge on any atom is 0.303 e. The van der Waals surface area contributed by atoms with Crippen LogP contribution in [-0.4, -0.2) is 23.5 Å². The van der Waals surface area contributed by atoms with Gasteiger partial charge in [-0.05, 0) is 41.3 Å². The standard InChI is InChI=1S/C30H24FNO5S/c31-29-27(37-20-21-9-3-1-4-10-21)17-16-25(22-11-5-2-6-12-22)30(29)38(35,36)32-19-23(15-18-28(33)34)24-13-7-8-14-26(24)32/h1-14,16-17,19H,15,18,20H2,(H,33,34). The number of nitrogens with zero attached hydrogens (tertiary/aromatic N) is 1. The van der Waals surface area contributed by atoms with E-state index in [1.54, 1.807) is 60.7 Å². The van der Waals surface area contributed by atoms with Crippen LogP contribution in [0.5, 0.6) is 5.75 Å². The number of carboxylic acids is 1. The molecular weight excluding hydrogens is 505 g/mol. The molecule has 0 unspecified atom stereocenters. The van der Waals surface area contributed by atoms with Gasteiger partial charge in [-0.3, -0.25) is 4.79 Å². The lowest BCUT2D eigenvalue weighted by Gasteiger charge is -2.16. The summed E-state index contributed by atoms with van der Waals surface area (Å²) in [5, 5.41) is 9.76. The molecule has 0 aliphatic carbocycles. The molecule has 0 saturated carbocycles. The molecule has 0 saturated heterocycles. The molecule has 0 aliphatic heterocycles. The van der Waals surface area contributed by atoms with Gasteiger partial charge in [-0.15, -0.1) is 0 Å². The summed E-state index contributed by atoms with van der Waals surface area (Å²) < 4.78 is 51.3. The molecule has 8 heteroatoms. The van der Waals surface area contributed by atoms with Gasteiger partial charge in [0.15, 0.2) is 11.6 Å². The van der Waals surface area contributed by atoms with Crippen molar-refractivity contribution in [3.8, 4) is 16.9 Å². The second-order valence-corrected chi connectivity index (χ2v) is 10.5. The van der Waals surface area contributed by atoms with Crippen LogP contribution in [-0.2, 0) is 27.8 Å². The zero-order chi connectivity index (χ0) is 26.7. The van der Waals surface area contributed by atoms with Crippen LogP contribution in [0.4, 0.5) is 4.39 Å². The van der Waals surface area contributed by atoms with E-state index in [9.17, 15) is 13.2 Å². The first-order chi connectivity index (χ1) is 18.4. The summed E-state index contributed by atoms with van der Waals surface area (Å²) in [6.07, 6.45) is 1.35. The molecule has 5 rings (SSSR count). The number of benzene rings is 4. The van der Waals surface area contributed by atoms with Crippen molar-refractivity contribution in [1.82, 2.24) is 3.97 Å². The van der Waals surface area contributed by atoms with Crippen molar-refractivity contribution >= 4 is 26.9 Å². The monoisotopic (exact) mass is 529 g/mol. The van der Waals surface area contributed by atoms with Crippen LogP contribution in [0.3, 0.4) is 0 Å². The van der Waals surface area contributed by atoms with E-state index in [0.717, 1.165) is 9.54 Å². The van der Waals surface area contributed by atoms with E-state index in [1.165, 1.54) is 12.3 Å². The van der Waals surface area contributed by atoms with E-state index in [4.69, 9.17) is 9.84 Å². The molecule has 38 heavy (non-hydrogen) atoms. The number of halogens is 1. The topological polar surface area (TPSA) is 85.6 Å². The summed E-state index contributed by atoms with van der Waals surface area (Å²) in [6, 6.07) is 27.7. The van der Waals surface area contributed by atoms with Gasteiger partial charge in [0, 0.05) is 23.6 Å². The Morgan fingerprint density at radius 1 is 0.868 bits per heavy atom. The number of para-hydroxylation sites is 1. The van der Waals surface area contributed by atoms with Crippen LogP contribution < -0.4 is 4.74 Å². The van der Waals surface area contributed by atoms with Crippen molar-refractivity contribution in [3.63, 3.8) is 0 Å². The van der Waals surface area contributed by atoms with E-state index in [0.29, 0.717) is 22.0 Å². The Bertz CT molecular complexity index is 1710. The van der Waals surface area contributed by atoms with Gasteiger partial charge in [0.1, 0.15) is 11.5 Å². The minimum atomic E-state index is -4.48. The van der Waals surface area contributed by atoms with E-state index < -0.39 is 26.7 Å². The third-order valence-corrected chi connectivity index (χ3v) is 8.00. The number of aromatic nitrogens is 1. The molecule has 5 aromatic rings. The molecular formula is C30H24FNO5S. The quantitative estimate of drug-likeness (QED) is 0.243. The normalized spacial score (nSPS) is 11.5. The maximum atomic E-state index is 16.2. The molecule has 0 amide bonds. The number of carbonyl (C=O) groups is 1. The molecule has 1 heterocycles. The first-order valence-electron chi connectivity index (χ1n) is 12.0. The van der Waals surface area contributed by atoms with Crippen LogP contribution in [0.15, 0.2) is 108 Å². The Balaban J connectivity index is 1.67. The first kappa shape index (κ1) is 25.2. The number of aliphatic carboxylic acids is 1. The lowest BCUT2D eigenvalue weighted by Crippen LogP contribution is -2.16. The van der Waals surface area contributed by atoms with Gasteiger partial charge in [-0.25, -0.2) is 16.8 Å². The SMILES string of the molecule is O=C(O)CCc1cn(S(=O)(=O)c2c(-c3ccccc3)ccc(OCc3ccccc3)c2F)c2ccccc12. The number of hydrogen-bond donors (Lipinski definition) is 1. The number of aryl methyl sites for hydroxylation is 1. The molecule has 0 fully saturated rings. The van der Waals surface area contributed by atoms with Crippen molar-refractivity contribution in [2.45, 2.75) is 24.3 Å². The van der Waals surface area contributed by atoms with Gasteiger partial charge in [0.05, 0.1) is 5.52 Å². The van der Waals surface area contributed by atoms with Gasteiger partial charge in [-0.2, -0.15) is 0 Å². The van der Waals surface area contributed by atoms with Crippen molar-refractivity contribution in [2.75, 3.05) is 0 Å². The summed E-state index contributed by atoms with van der Waals surface area (Å²) in [5.74, 6) is -2.17. The van der Waals surface area contributed by atoms with Crippen molar-refractivity contribution < 1.29 is 27.4 Å². The fraction of sp³-hybridized carbons (Fsp3) is 0.100. The number of carboxylic acid groups (broad SMARTS) is 1. The Hall–Kier alpha value is -4.43. The van der Waals surface area contributed by atoms with Gasteiger partial charge >= 0.3 is 5.97 Å². The molecule has 0 atom stereocenters.